The number of carboxylic acid groups (broad SMARTS) is 2. The third-order valence-corrected chi connectivity index (χ3v) is 3.01. The van der Waals surface area contributed by atoms with Crippen LogP contribution in [-0.2, 0) is 19.8 Å². The highest BCUT2D eigenvalue weighted by Crippen LogP contribution is 2.00. The third-order valence-electron chi connectivity index (χ3n) is 1.63. The molecule has 0 rings (SSSR count). The second-order valence-electron chi connectivity index (χ2n) is 3.72. The second kappa shape index (κ2) is 6.52. The molecule has 1 unspecified atom stereocenters. The van der Waals surface area contributed by atoms with Crippen molar-refractivity contribution in [3.63, 3.8) is 0 Å². The van der Waals surface area contributed by atoms with Crippen molar-refractivity contribution in [1.29, 1.82) is 0 Å². The first-order valence-electron chi connectivity index (χ1n) is 4.88. The van der Waals surface area contributed by atoms with Gasteiger partial charge in [0, 0.05) is 12.5 Å². The van der Waals surface area contributed by atoms with E-state index in [0.29, 0.717) is 0 Å². The van der Waals surface area contributed by atoms with Crippen LogP contribution in [0.15, 0.2) is 0 Å². The summed E-state index contributed by atoms with van der Waals surface area (Å²) in [7, 11) is -3.95. The molecule has 0 heterocycles. The quantitative estimate of drug-likeness (QED) is 0.452. The Labute approximate surface area is 99.2 Å². The van der Waals surface area contributed by atoms with Gasteiger partial charge in [-0.3, -0.25) is 9.59 Å². The largest absolute Gasteiger partial charge is 0.481 e. The van der Waals surface area contributed by atoms with Crippen LogP contribution in [0.25, 0.3) is 0 Å². The van der Waals surface area contributed by atoms with Gasteiger partial charge in [-0.15, -0.1) is 0 Å². The van der Waals surface area contributed by atoms with Crippen LogP contribution >= 0.6 is 0 Å². The molecule has 0 aromatic rings. The zero-order chi connectivity index (χ0) is 13.6. The van der Waals surface area contributed by atoms with Crippen molar-refractivity contribution < 1.29 is 28.2 Å². The maximum atomic E-state index is 11.4. The average Bonchev–Trinajstić information content (AvgIpc) is 2.09. The number of nitrogens with one attached hydrogen (secondary N) is 2. The molecule has 8 nitrogen and oxygen atoms in total. The zero-order valence-electron chi connectivity index (χ0n) is 9.50. The fourth-order valence-electron chi connectivity index (χ4n) is 1.03. The number of carbonyl (C=O) groups is 2. The van der Waals surface area contributed by atoms with Crippen molar-refractivity contribution in [3.8, 4) is 0 Å². The van der Waals surface area contributed by atoms with E-state index in [1.165, 1.54) is 0 Å². The van der Waals surface area contributed by atoms with Crippen molar-refractivity contribution in [2.24, 2.45) is 0 Å². The topological polar surface area (TPSA) is 133 Å². The van der Waals surface area contributed by atoms with Gasteiger partial charge in [0.05, 0.1) is 0 Å². The Morgan fingerprint density at radius 3 is 2.06 bits per heavy atom. The normalized spacial score (nSPS) is 13.6. The first-order chi connectivity index (χ1) is 7.64. The minimum absolute atomic E-state index is 0.316. The zero-order valence-corrected chi connectivity index (χ0v) is 10.3. The Hall–Kier alpha value is -1.19. The van der Waals surface area contributed by atoms with E-state index in [9.17, 15) is 18.0 Å². The molecular formula is C8H16N2O6S. The average molecular weight is 268 g/mol. The minimum atomic E-state index is -3.95. The Morgan fingerprint density at radius 2 is 1.71 bits per heavy atom. The summed E-state index contributed by atoms with van der Waals surface area (Å²) >= 11 is 0. The van der Waals surface area contributed by atoms with Gasteiger partial charge in [-0.05, 0) is 20.3 Å². The molecule has 0 aliphatic rings. The predicted molar refractivity (Wildman–Crippen MR) is 58.6 cm³/mol. The minimum Gasteiger partial charge on any atom is -0.481 e. The molecule has 17 heavy (non-hydrogen) atoms. The van der Waals surface area contributed by atoms with Crippen molar-refractivity contribution in [2.75, 3.05) is 0 Å². The summed E-state index contributed by atoms with van der Waals surface area (Å²) in [5.41, 5.74) is 0. The summed E-state index contributed by atoms with van der Waals surface area (Å²) in [4.78, 5) is 21.0. The smallest absolute Gasteiger partial charge is 0.321 e. The summed E-state index contributed by atoms with van der Waals surface area (Å²) in [5.74, 6) is -2.60. The Kier molecular flexibility index (Phi) is 6.07. The number of hydrogen-bond donors (Lipinski definition) is 4. The highest BCUT2D eigenvalue weighted by molar-refractivity contribution is 7.87. The molecular weight excluding hydrogens is 252 g/mol. The molecule has 0 bridgehead atoms. The lowest BCUT2D eigenvalue weighted by molar-refractivity contribution is -0.140. The molecule has 0 aliphatic carbocycles. The van der Waals surface area contributed by atoms with Crippen LogP contribution in [0.5, 0.6) is 0 Å². The van der Waals surface area contributed by atoms with Crippen LogP contribution in [-0.4, -0.2) is 42.7 Å². The van der Waals surface area contributed by atoms with E-state index in [4.69, 9.17) is 10.2 Å². The molecule has 4 N–H and O–H groups in total. The van der Waals surface area contributed by atoms with Gasteiger partial charge >= 0.3 is 11.9 Å². The van der Waals surface area contributed by atoms with Crippen LogP contribution < -0.4 is 9.44 Å². The highest BCUT2D eigenvalue weighted by Gasteiger charge is 2.24. The maximum Gasteiger partial charge on any atom is 0.321 e. The van der Waals surface area contributed by atoms with Crippen LogP contribution in [0.1, 0.15) is 26.7 Å². The molecule has 0 radical (unpaired) electrons. The van der Waals surface area contributed by atoms with Gasteiger partial charge in [0.25, 0.3) is 10.2 Å². The summed E-state index contributed by atoms with van der Waals surface area (Å²) in [6.45, 7) is 3.15. The number of aliphatic carboxylic acids is 2. The second-order valence-corrected chi connectivity index (χ2v) is 5.20. The molecule has 1 atom stereocenters. The van der Waals surface area contributed by atoms with Crippen LogP contribution in [0.4, 0.5) is 0 Å². The molecule has 0 aromatic carbocycles. The molecule has 0 saturated carbocycles. The fourth-order valence-corrected chi connectivity index (χ4v) is 2.31. The standard InChI is InChI=1S/C8H16N2O6S/c1-5(2)9-17(15,16)10-6(8(13)14)3-4-7(11)12/h5-6,9-10H,3-4H2,1-2H3,(H,11,12)(H,13,14). The summed E-state index contributed by atoms with van der Waals surface area (Å²) in [5, 5.41) is 17.1. The Balaban J connectivity index is 4.54. The maximum absolute atomic E-state index is 11.4. The van der Waals surface area contributed by atoms with Gasteiger partial charge in [0.15, 0.2) is 0 Å². The fraction of sp³-hybridized carbons (Fsp3) is 0.750. The summed E-state index contributed by atoms with van der Waals surface area (Å²) < 4.78 is 26.8. The van der Waals surface area contributed by atoms with Gasteiger partial charge in [0.2, 0.25) is 0 Å². The number of hydrogen-bond acceptors (Lipinski definition) is 4. The van der Waals surface area contributed by atoms with Gasteiger partial charge in [-0.25, -0.2) is 0 Å². The number of carboxylic acids is 2. The van der Waals surface area contributed by atoms with E-state index in [-0.39, 0.29) is 12.5 Å². The molecule has 0 aliphatic heterocycles. The first-order valence-corrected chi connectivity index (χ1v) is 6.36. The van der Waals surface area contributed by atoms with Crippen LogP contribution in [0, 0.1) is 0 Å². The Morgan fingerprint density at radius 1 is 1.18 bits per heavy atom. The van der Waals surface area contributed by atoms with Gasteiger partial charge in [-0.1, -0.05) is 0 Å². The lowest BCUT2D eigenvalue weighted by Crippen LogP contribution is -2.48. The Bertz CT molecular complexity index is 377. The molecule has 100 valence electrons. The van der Waals surface area contributed by atoms with Gasteiger partial charge in [-0.2, -0.15) is 17.9 Å². The third kappa shape index (κ3) is 7.66. The molecule has 0 amide bonds. The lowest BCUT2D eigenvalue weighted by Gasteiger charge is -2.15. The molecule has 0 saturated heterocycles. The van der Waals surface area contributed by atoms with Crippen molar-refractivity contribution in [1.82, 2.24) is 9.44 Å². The predicted octanol–water partition coefficient (Wildman–Crippen LogP) is -0.863. The molecule has 9 heteroatoms. The summed E-state index contributed by atoms with van der Waals surface area (Å²) in [6, 6.07) is -1.84. The van der Waals surface area contributed by atoms with Gasteiger partial charge in [0.1, 0.15) is 6.04 Å². The van der Waals surface area contributed by atoms with Crippen molar-refractivity contribution >= 4 is 22.1 Å². The van der Waals surface area contributed by atoms with Crippen LogP contribution in [0.3, 0.4) is 0 Å². The van der Waals surface area contributed by atoms with E-state index < -0.39 is 34.6 Å². The monoisotopic (exact) mass is 268 g/mol. The highest BCUT2D eigenvalue weighted by atomic mass is 32.2. The first kappa shape index (κ1) is 15.8. The van der Waals surface area contributed by atoms with E-state index in [0.717, 1.165) is 0 Å². The van der Waals surface area contributed by atoms with E-state index in [1.54, 1.807) is 13.8 Å². The SMILES string of the molecule is CC(C)NS(=O)(=O)NC(CCC(=O)O)C(=O)O. The summed E-state index contributed by atoms with van der Waals surface area (Å²) in [6.07, 6.45) is -0.745. The van der Waals surface area contributed by atoms with E-state index in [1.807, 2.05) is 4.72 Å². The molecule has 0 fully saturated rings. The van der Waals surface area contributed by atoms with E-state index in [2.05, 4.69) is 4.72 Å². The lowest BCUT2D eigenvalue weighted by atomic mass is 10.2. The van der Waals surface area contributed by atoms with Crippen LogP contribution in [0.2, 0.25) is 0 Å². The van der Waals surface area contributed by atoms with Crippen molar-refractivity contribution in [2.45, 2.75) is 38.8 Å². The molecule has 0 aromatic heterocycles. The van der Waals surface area contributed by atoms with Crippen molar-refractivity contribution in [3.05, 3.63) is 0 Å². The van der Waals surface area contributed by atoms with Gasteiger partial charge < -0.3 is 10.2 Å². The number of rotatable bonds is 8. The molecule has 0 spiro atoms. The van der Waals surface area contributed by atoms with E-state index >= 15 is 0 Å².